The van der Waals surface area contributed by atoms with Crippen molar-refractivity contribution < 1.29 is 4.42 Å². The van der Waals surface area contributed by atoms with E-state index in [1.807, 2.05) is 60.7 Å². The van der Waals surface area contributed by atoms with E-state index in [-0.39, 0.29) is 5.43 Å². The number of hydrogen-bond acceptors (Lipinski definition) is 2. The van der Waals surface area contributed by atoms with Gasteiger partial charge in [-0.2, -0.15) is 0 Å². The molecule has 0 aliphatic heterocycles. The predicted octanol–water partition coefficient (Wildman–Crippen LogP) is 3.97. The molecule has 2 aromatic carbocycles. The second kappa shape index (κ2) is 4.94. The van der Waals surface area contributed by atoms with E-state index in [0.29, 0.717) is 11.1 Å². The second-order valence-corrected chi connectivity index (χ2v) is 4.26. The highest BCUT2D eigenvalue weighted by molar-refractivity contribution is 5.70. The molecule has 0 spiro atoms. The number of rotatable bonds is 2. The Kier molecular flexibility index (Phi) is 2.99. The predicted molar refractivity (Wildman–Crippen MR) is 75.9 cm³/mol. The Morgan fingerprint density at radius 2 is 1.05 bits per heavy atom. The third kappa shape index (κ3) is 2.20. The van der Waals surface area contributed by atoms with Crippen molar-refractivity contribution in [3.63, 3.8) is 0 Å². The summed E-state index contributed by atoms with van der Waals surface area (Å²) in [7, 11) is 0. The van der Waals surface area contributed by atoms with Crippen LogP contribution in [0.5, 0.6) is 0 Å². The lowest BCUT2D eigenvalue weighted by atomic mass is 10.0. The first-order valence-electron chi connectivity index (χ1n) is 6.07. The second-order valence-electron chi connectivity index (χ2n) is 4.26. The molecule has 0 unspecified atom stereocenters. The molecule has 2 heteroatoms. The first-order chi connectivity index (χ1) is 9.36. The Labute approximate surface area is 111 Å². The Bertz CT molecular complexity index is 667. The van der Waals surface area contributed by atoms with Gasteiger partial charge in [0.1, 0.15) is 12.5 Å². The highest BCUT2D eigenvalue weighted by atomic mass is 16.3. The maximum absolute atomic E-state index is 12.5. The van der Waals surface area contributed by atoms with Crippen LogP contribution in [-0.2, 0) is 0 Å². The molecular formula is C17H12O2. The lowest BCUT2D eigenvalue weighted by molar-refractivity contribution is 0.552. The molecule has 0 saturated carbocycles. The van der Waals surface area contributed by atoms with Crippen LogP contribution in [0.4, 0.5) is 0 Å². The normalized spacial score (nSPS) is 10.3. The number of benzene rings is 2. The maximum atomic E-state index is 12.5. The van der Waals surface area contributed by atoms with Crippen molar-refractivity contribution in [3.05, 3.63) is 83.4 Å². The van der Waals surface area contributed by atoms with Gasteiger partial charge in [0.05, 0.1) is 11.1 Å². The first kappa shape index (κ1) is 11.5. The fourth-order valence-electron chi connectivity index (χ4n) is 2.06. The van der Waals surface area contributed by atoms with Gasteiger partial charge in [0.2, 0.25) is 0 Å². The lowest BCUT2D eigenvalue weighted by Crippen LogP contribution is -2.06. The summed E-state index contributed by atoms with van der Waals surface area (Å²) in [5.41, 5.74) is 2.90. The van der Waals surface area contributed by atoms with Crippen LogP contribution in [0, 0.1) is 0 Å². The van der Waals surface area contributed by atoms with Crippen molar-refractivity contribution in [2.45, 2.75) is 0 Å². The minimum atomic E-state index is -0.0105. The van der Waals surface area contributed by atoms with Gasteiger partial charge in [-0.25, -0.2) is 0 Å². The molecule has 92 valence electrons. The molecule has 0 fully saturated rings. The van der Waals surface area contributed by atoms with Gasteiger partial charge in [0, 0.05) is 0 Å². The standard InChI is InChI=1S/C17H12O2/c18-17-15(13-7-3-1-4-8-13)11-19-12-16(17)14-9-5-2-6-10-14/h1-12H. The van der Waals surface area contributed by atoms with Crippen LogP contribution >= 0.6 is 0 Å². The Balaban J connectivity index is 2.18. The molecule has 0 atom stereocenters. The summed E-state index contributed by atoms with van der Waals surface area (Å²) in [6, 6.07) is 19.1. The fourth-order valence-corrected chi connectivity index (χ4v) is 2.06. The molecule has 1 heterocycles. The van der Waals surface area contributed by atoms with E-state index >= 15 is 0 Å². The van der Waals surface area contributed by atoms with Crippen molar-refractivity contribution in [3.8, 4) is 22.3 Å². The van der Waals surface area contributed by atoms with Crippen molar-refractivity contribution in [1.82, 2.24) is 0 Å². The van der Waals surface area contributed by atoms with Gasteiger partial charge in [-0.1, -0.05) is 60.7 Å². The molecule has 0 radical (unpaired) electrons. The average Bonchev–Trinajstić information content (AvgIpc) is 2.49. The van der Waals surface area contributed by atoms with Gasteiger partial charge in [0.25, 0.3) is 0 Å². The lowest BCUT2D eigenvalue weighted by Gasteiger charge is -2.03. The van der Waals surface area contributed by atoms with Crippen LogP contribution in [0.2, 0.25) is 0 Å². The molecule has 3 rings (SSSR count). The summed E-state index contributed by atoms with van der Waals surface area (Å²) in [6.45, 7) is 0. The summed E-state index contributed by atoms with van der Waals surface area (Å²) < 4.78 is 5.33. The quantitative estimate of drug-likeness (QED) is 0.686. The van der Waals surface area contributed by atoms with Crippen molar-refractivity contribution >= 4 is 0 Å². The van der Waals surface area contributed by atoms with Gasteiger partial charge in [-0.15, -0.1) is 0 Å². The molecule has 0 bridgehead atoms. The monoisotopic (exact) mass is 248 g/mol. The smallest absolute Gasteiger partial charge is 0.200 e. The topological polar surface area (TPSA) is 30.2 Å². The van der Waals surface area contributed by atoms with E-state index in [0.717, 1.165) is 11.1 Å². The summed E-state index contributed by atoms with van der Waals surface area (Å²) in [6.07, 6.45) is 3.01. The molecule has 0 aliphatic rings. The summed E-state index contributed by atoms with van der Waals surface area (Å²) in [5, 5.41) is 0. The molecular weight excluding hydrogens is 236 g/mol. The molecule has 1 aromatic heterocycles. The van der Waals surface area contributed by atoms with Crippen molar-refractivity contribution in [1.29, 1.82) is 0 Å². The van der Waals surface area contributed by atoms with Gasteiger partial charge in [0.15, 0.2) is 5.43 Å². The SMILES string of the molecule is O=c1c(-c2ccccc2)cocc1-c1ccccc1. The Morgan fingerprint density at radius 3 is 1.47 bits per heavy atom. The molecule has 0 amide bonds. The first-order valence-corrected chi connectivity index (χ1v) is 6.07. The largest absolute Gasteiger partial charge is 0.471 e. The van der Waals surface area contributed by atoms with E-state index in [4.69, 9.17) is 4.42 Å². The summed E-state index contributed by atoms with van der Waals surface area (Å²) in [4.78, 5) is 12.5. The van der Waals surface area contributed by atoms with Crippen LogP contribution in [0.15, 0.2) is 82.4 Å². The Hall–Kier alpha value is -2.61. The van der Waals surface area contributed by atoms with Crippen LogP contribution in [0.1, 0.15) is 0 Å². The van der Waals surface area contributed by atoms with E-state index in [1.165, 1.54) is 12.5 Å². The van der Waals surface area contributed by atoms with E-state index < -0.39 is 0 Å². The molecule has 0 aliphatic carbocycles. The van der Waals surface area contributed by atoms with Gasteiger partial charge in [-0.3, -0.25) is 4.79 Å². The van der Waals surface area contributed by atoms with Gasteiger partial charge in [-0.05, 0) is 11.1 Å². The number of hydrogen-bond donors (Lipinski definition) is 0. The third-order valence-corrected chi connectivity index (χ3v) is 3.03. The van der Waals surface area contributed by atoms with Crippen LogP contribution < -0.4 is 5.43 Å². The van der Waals surface area contributed by atoms with Crippen LogP contribution in [0.3, 0.4) is 0 Å². The van der Waals surface area contributed by atoms with Crippen molar-refractivity contribution in [2.24, 2.45) is 0 Å². The zero-order valence-corrected chi connectivity index (χ0v) is 10.2. The average molecular weight is 248 g/mol. The minimum Gasteiger partial charge on any atom is -0.471 e. The van der Waals surface area contributed by atoms with E-state index in [9.17, 15) is 4.79 Å². The fraction of sp³-hybridized carbons (Fsp3) is 0. The highest BCUT2D eigenvalue weighted by Gasteiger charge is 2.09. The minimum absolute atomic E-state index is 0.0105. The molecule has 3 aromatic rings. The van der Waals surface area contributed by atoms with Crippen LogP contribution in [-0.4, -0.2) is 0 Å². The van der Waals surface area contributed by atoms with Crippen molar-refractivity contribution in [2.75, 3.05) is 0 Å². The molecule has 0 N–H and O–H groups in total. The van der Waals surface area contributed by atoms with Crippen LogP contribution in [0.25, 0.3) is 22.3 Å². The molecule has 2 nitrogen and oxygen atoms in total. The van der Waals surface area contributed by atoms with E-state index in [1.54, 1.807) is 0 Å². The molecule has 0 saturated heterocycles. The molecule has 19 heavy (non-hydrogen) atoms. The zero-order chi connectivity index (χ0) is 13.1. The van der Waals surface area contributed by atoms with E-state index in [2.05, 4.69) is 0 Å². The zero-order valence-electron chi connectivity index (χ0n) is 10.2. The maximum Gasteiger partial charge on any atom is 0.200 e. The highest BCUT2D eigenvalue weighted by Crippen LogP contribution is 2.20. The third-order valence-electron chi connectivity index (χ3n) is 3.03. The summed E-state index contributed by atoms with van der Waals surface area (Å²) in [5.74, 6) is 0. The summed E-state index contributed by atoms with van der Waals surface area (Å²) >= 11 is 0. The van der Waals surface area contributed by atoms with Gasteiger partial charge >= 0.3 is 0 Å². The van der Waals surface area contributed by atoms with Gasteiger partial charge < -0.3 is 4.42 Å². The Morgan fingerprint density at radius 1 is 0.632 bits per heavy atom.